The van der Waals surface area contributed by atoms with Gasteiger partial charge in [-0.05, 0) is 12.1 Å². The van der Waals surface area contributed by atoms with Crippen molar-refractivity contribution in [3.63, 3.8) is 0 Å². The first-order valence-electron chi connectivity index (χ1n) is 9.94. The predicted molar refractivity (Wildman–Crippen MR) is 116 cm³/mol. The molecule has 1 N–H and O–H groups in total. The minimum Gasteiger partial charge on any atom is -0.495 e. The van der Waals surface area contributed by atoms with Gasteiger partial charge in [0, 0.05) is 57.1 Å². The number of methoxy groups -OCH3 is 1. The molecule has 10 heteroatoms. The van der Waals surface area contributed by atoms with E-state index in [1.54, 1.807) is 36.4 Å². The zero-order valence-electron chi connectivity index (χ0n) is 16.9. The number of nitrogens with one attached hydrogen (secondary N) is 1. The number of nitrogens with zero attached hydrogens (tertiary/aromatic N) is 5. The fraction of sp³-hybridized carbons (Fsp3) is 0.450. The average molecular weight is 433 g/mol. The van der Waals surface area contributed by atoms with Gasteiger partial charge in [-0.1, -0.05) is 11.6 Å². The molecule has 30 heavy (non-hydrogen) atoms. The third-order valence-electron chi connectivity index (χ3n) is 5.30. The number of hydrogen-bond acceptors (Lipinski definition) is 7. The van der Waals surface area contributed by atoms with Crippen molar-refractivity contribution >= 4 is 34.8 Å². The zero-order valence-corrected chi connectivity index (χ0v) is 17.6. The normalized spacial score (nSPS) is 17.1. The molecule has 0 unspecified atom stereocenters. The molecule has 0 spiro atoms. The molecule has 0 saturated carbocycles. The summed E-state index contributed by atoms with van der Waals surface area (Å²) in [5.74, 6) is 1.36. The summed E-state index contributed by atoms with van der Waals surface area (Å²) in [5, 5.41) is 11.9. The number of piperazine rings is 1. The molecule has 9 nitrogen and oxygen atoms in total. The Kier molecular flexibility index (Phi) is 6.39. The van der Waals surface area contributed by atoms with Crippen LogP contribution in [0.15, 0.2) is 30.5 Å². The van der Waals surface area contributed by atoms with Gasteiger partial charge in [0.1, 0.15) is 5.75 Å². The van der Waals surface area contributed by atoms with Crippen LogP contribution < -0.4 is 19.9 Å². The summed E-state index contributed by atoms with van der Waals surface area (Å²) >= 11 is 6.04. The van der Waals surface area contributed by atoms with Crippen LogP contribution in [0.2, 0.25) is 5.02 Å². The van der Waals surface area contributed by atoms with E-state index in [4.69, 9.17) is 21.1 Å². The molecule has 2 aliphatic rings. The molecule has 2 saturated heterocycles. The van der Waals surface area contributed by atoms with Gasteiger partial charge in [-0.3, -0.25) is 0 Å². The molecule has 160 valence electrons. The third-order valence-corrected chi connectivity index (χ3v) is 5.61. The van der Waals surface area contributed by atoms with Gasteiger partial charge in [-0.25, -0.2) is 4.79 Å². The zero-order chi connectivity index (χ0) is 20.9. The van der Waals surface area contributed by atoms with Gasteiger partial charge in [-0.15, -0.1) is 5.10 Å². The second-order valence-corrected chi connectivity index (χ2v) is 7.53. The van der Waals surface area contributed by atoms with Crippen molar-refractivity contribution in [1.29, 1.82) is 0 Å². The molecule has 1 aromatic carbocycles. The Morgan fingerprint density at radius 2 is 1.87 bits per heavy atom. The molecule has 2 fully saturated rings. The maximum atomic E-state index is 12.6. The van der Waals surface area contributed by atoms with Crippen molar-refractivity contribution < 1.29 is 14.3 Å². The van der Waals surface area contributed by atoms with Crippen LogP contribution in [-0.4, -0.2) is 80.7 Å². The Morgan fingerprint density at radius 1 is 1.10 bits per heavy atom. The Bertz CT molecular complexity index is 885. The van der Waals surface area contributed by atoms with Crippen molar-refractivity contribution in [2.24, 2.45) is 0 Å². The molecular weight excluding hydrogens is 408 g/mol. The SMILES string of the molecule is COc1cc(NC(=O)N2CCN(c3cc(N4CCOCC4)cnn3)CC2)ccc1Cl. The summed E-state index contributed by atoms with van der Waals surface area (Å²) in [6.07, 6.45) is 1.79. The van der Waals surface area contributed by atoms with E-state index in [1.807, 2.05) is 0 Å². The van der Waals surface area contributed by atoms with E-state index in [9.17, 15) is 4.79 Å². The molecule has 0 radical (unpaired) electrons. The van der Waals surface area contributed by atoms with Crippen molar-refractivity contribution in [2.75, 3.05) is 74.7 Å². The number of urea groups is 1. The van der Waals surface area contributed by atoms with Crippen LogP contribution in [0.3, 0.4) is 0 Å². The van der Waals surface area contributed by atoms with E-state index >= 15 is 0 Å². The number of amides is 2. The number of carbonyl (C=O) groups excluding carboxylic acids is 1. The average Bonchev–Trinajstić information content (AvgIpc) is 2.81. The number of benzene rings is 1. The largest absolute Gasteiger partial charge is 0.495 e. The first-order valence-corrected chi connectivity index (χ1v) is 10.3. The molecule has 0 bridgehead atoms. The molecule has 2 aliphatic heterocycles. The van der Waals surface area contributed by atoms with E-state index in [2.05, 4.69) is 31.4 Å². The van der Waals surface area contributed by atoms with E-state index < -0.39 is 0 Å². The number of halogens is 1. The van der Waals surface area contributed by atoms with Gasteiger partial charge >= 0.3 is 6.03 Å². The summed E-state index contributed by atoms with van der Waals surface area (Å²) in [4.78, 5) is 18.8. The molecule has 4 rings (SSSR count). The van der Waals surface area contributed by atoms with E-state index in [-0.39, 0.29) is 6.03 Å². The molecular formula is C20H25ClN6O3. The maximum Gasteiger partial charge on any atom is 0.321 e. The fourth-order valence-electron chi connectivity index (χ4n) is 3.57. The first-order chi connectivity index (χ1) is 14.6. The van der Waals surface area contributed by atoms with E-state index in [1.165, 1.54) is 0 Å². The van der Waals surface area contributed by atoms with Gasteiger partial charge in [0.15, 0.2) is 5.82 Å². The van der Waals surface area contributed by atoms with E-state index in [0.717, 1.165) is 37.8 Å². The number of carbonyl (C=O) groups is 1. The lowest BCUT2D eigenvalue weighted by molar-refractivity contribution is 0.122. The third kappa shape index (κ3) is 4.68. The topological polar surface area (TPSA) is 83.1 Å². The van der Waals surface area contributed by atoms with Crippen LogP contribution in [0.4, 0.5) is 22.0 Å². The highest BCUT2D eigenvalue weighted by Crippen LogP contribution is 2.27. The number of aromatic nitrogens is 2. The smallest absolute Gasteiger partial charge is 0.321 e. The van der Waals surface area contributed by atoms with Crippen LogP contribution >= 0.6 is 11.6 Å². The highest BCUT2D eigenvalue weighted by molar-refractivity contribution is 6.32. The Hall–Kier alpha value is -2.78. The number of hydrogen-bond donors (Lipinski definition) is 1. The summed E-state index contributed by atoms with van der Waals surface area (Å²) < 4.78 is 10.6. The molecule has 0 atom stereocenters. The number of morpholine rings is 1. The van der Waals surface area contributed by atoms with Crippen LogP contribution in [0.25, 0.3) is 0 Å². The van der Waals surface area contributed by atoms with Crippen LogP contribution in [0.1, 0.15) is 0 Å². The second-order valence-electron chi connectivity index (χ2n) is 7.12. The van der Waals surface area contributed by atoms with Crippen LogP contribution in [0, 0.1) is 0 Å². The monoisotopic (exact) mass is 432 g/mol. The minimum atomic E-state index is -0.146. The van der Waals surface area contributed by atoms with Crippen molar-refractivity contribution in [3.8, 4) is 5.75 Å². The second kappa shape index (κ2) is 9.36. The fourth-order valence-corrected chi connectivity index (χ4v) is 3.77. The minimum absolute atomic E-state index is 0.146. The van der Waals surface area contributed by atoms with Crippen LogP contribution in [-0.2, 0) is 4.74 Å². The Balaban J connectivity index is 1.34. The predicted octanol–water partition coefficient (Wildman–Crippen LogP) is 2.33. The van der Waals surface area contributed by atoms with Crippen molar-refractivity contribution in [2.45, 2.75) is 0 Å². The lowest BCUT2D eigenvalue weighted by atomic mass is 10.3. The van der Waals surface area contributed by atoms with Gasteiger partial charge in [0.05, 0.1) is 37.2 Å². The summed E-state index contributed by atoms with van der Waals surface area (Å²) in [5.41, 5.74) is 1.70. The quantitative estimate of drug-likeness (QED) is 0.793. The highest BCUT2D eigenvalue weighted by Gasteiger charge is 2.23. The molecule has 2 amide bonds. The molecule has 3 heterocycles. The van der Waals surface area contributed by atoms with Gasteiger partial charge in [0.2, 0.25) is 0 Å². The lowest BCUT2D eigenvalue weighted by Gasteiger charge is -2.35. The lowest BCUT2D eigenvalue weighted by Crippen LogP contribution is -2.50. The number of rotatable bonds is 4. The maximum absolute atomic E-state index is 12.6. The number of ether oxygens (including phenoxy) is 2. The Labute approximate surface area is 180 Å². The Morgan fingerprint density at radius 3 is 2.60 bits per heavy atom. The summed E-state index contributed by atoms with van der Waals surface area (Å²) in [7, 11) is 1.54. The van der Waals surface area contributed by atoms with Crippen molar-refractivity contribution in [1.82, 2.24) is 15.1 Å². The summed E-state index contributed by atoms with van der Waals surface area (Å²) in [6, 6.07) is 7.09. The highest BCUT2D eigenvalue weighted by atomic mass is 35.5. The molecule has 0 aliphatic carbocycles. The standard InChI is InChI=1S/C20H25ClN6O3/c1-29-18-12-15(2-3-17(18)21)23-20(28)27-6-4-26(5-7-27)19-13-16(14-22-24-19)25-8-10-30-11-9-25/h2-3,12-14H,4-11H2,1H3,(H,23,28). The molecule has 1 aromatic heterocycles. The first kappa shape index (κ1) is 20.5. The van der Waals surface area contributed by atoms with Gasteiger partial charge in [0.25, 0.3) is 0 Å². The molecule has 2 aromatic rings. The summed E-state index contributed by atoms with van der Waals surface area (Å²) in [6.45, 7) is 5.75. The van der Waals surface area contributed by atoms with Crippen molar-refractivity contribution in [3.05, 3.63) is 35.5 Å². The number of anilines is 3. The van der Waals surface area contributed by atoms with Crippen LogP contribution in [0.5, 0.6) is 5.75 Å². The van der Waals surface area contributed by atoms with E-state index in [0.29, 0.717) is 42.6 Å². The van der Waals surface area contributed by atoms with Gasteiger partial charge < -0.3 is 29.5 Å². The van der Waals surface area contributed by atoms with Gasteiger partial charge in [-0.2, -0.15) is 5.10 Å².